The molecule has 1 unspecified atom stereocenters. The molecule has 0 saturated heterocycles. The SMILES string of the molecule is CC(Oc1ccccc1Cl)C(=O)NNC(=O)c1cc(Br)cn1C. The van der Waals surface area contributed by atoms with Crippen LogP contribution in [-0.4, -0.2) is 22.5 Å². The lowest BCUT2D eigenvalue weighted by Crippen LogP contribution is -2.47. The summed E-state index contributed by atoms with van der Waals surface area (Å²) in [6, 6.07) is 8.48. The maximum absolute atomic E-state index is 12.0. The summed E-state index contributed by atoms with van der Waals surface area (Å²) in [6.45, 7) is 1.56. The van der Waals surface area contributed by atoms with Crippen molar-refractivity contribution in [2.45, 2.75) is 13.0 Å². The molecule has 0 aliphatic rings. The summed E-state index contributed by atoms with van der Waals surface area (Å²) in [5, 5.41) is 0.407. The second-order valence-electron chi connectivity index (χ2n) is 4.79. The lowest BCUT2D eigenvalue weighted by atomic mass is 10.3. The molecule has 1 aromatic carbocycles. The molecule has 6 nitrogen and oxygen atoms in total. The fourth-order valence-corrected chi connectivity index (χ4v) is 2.52. The van der Waals surface area contributed by atoms with E-state index in [1.165, 1.54) is 0 Å². The number of ether oxygens (including phenoxy) is 1. The Labute approximate surface area is 146 Å². The highest BCUT2D eigenvalue weighted by Crippen LogP contribution is 2.24. The van der Waals surface area contributed by atoms with Crippen LogP contribution in [0.2, 0.25) is 5.02 Å². The van der Waals surface area contributed by atoms with Gasteiger partial charge in [-0.3, -0.25) is 20.4 Å². The maximum Gasteiger partial charge on any atom is 0.286 e. The van der Waals surface area contributed by atoms with E-state index in [2.05, 4.69) is 26.8 Å². The van der Waals surface area contributed by atoms with E-state index < -0.39 is 17.9 Å². The van der Waals surface area contributed by atoms with Gasteiger partial charge in [-0.05, 0) is 41.1 Å². The minimum atomic E-state index is -0.824. The summed E-state index contributed by atoms with van der Waals surface area (Å²) >= 11 is 9.24. The Balaban J connectivity index is 1.90. The van der Waals surface area contributed by atoms with E-state index in [-0.39, 0.29) is 0 Å². The Morgan fingerprint density at radius 3 is 2.61 bits per heavy atom. The zero-order valence-electron chi connectivity index (χ0n) is 12.5. The van der Waals surface area contributed by atoms with Crippen molar-refractivity contribution in [2.75, 3.05) is 0 Å². The number of aryl methyl sites for hydroxylation is 1. The molecule has 122 valence electrons. The summed E-state index contributed by atoms with van der Waals surface area (Å²) in [6.07, 6.45) is 0.912. The van der Waals surface area contributed by atoms with E-state index in [0.29, 0.717) is 16.5 Å². The van der Waals surface area contributed by atoms with Gasteiger partial charge in [-0.1, -0.05) is 23.7 Å². The highest BCUT2D eigenvalue weighted by Gasteiger charge is 2.18. The quantitative estimate of drug-likeness (QED) is 0.775. The third kappa shape index (κ3) is 4.49. The van der Waals surface area contributed by atoms with E-state index in [1.807, 2.05) is 0 Å². The highest BCUT2D eigenvalue weighted by molar-refractivity contribution is 9.10. The molecule has 2 amide bonds. The monoisotopic (exact) mass is 399 g/mol. The first kappa shape index (κ1) is 17.4. The van der Waals surface area contributed by atoms with E-state index in [4.69, 9.17) is 16.3 Å². The highest BCUT2D eigenvalue weighted by atomic mass is 79.9. The third-order valence-electron chi connectivity index (χ3n) is 3.01. The Morgan fingerprint density at radius 1 is 1.30 bits per heavy atom. The van der Waals surface area contributed by atoms with Crippen LogP contribution in [0.25, 0.3) is 0 Å². The summed E-state index contributed by atoms with van der Waals surface area (Å²) in [7, 11) is 1.73. The van der Waals surface area contributed by atoms with Crippen LogP contribution >= 0.6 is 27.5 Å². The topological polar surface area (TPSA) is 72.4 Å². The summed E-state index contributed by atoms with van der Waals surface area (Å²) in [5.41, 5.74) is 5.06. The van der Waals surface area contributed by atoms with Crippen molar-refractivity contribution in [1.82, 2.24) is 15.4 Å². The summed E-state index contributed by atoms with van der Waals surface area (Å²) < 4.78 is 7.87. The minimum Gasteiger partial charge on any atom is -0.479 e. The normalized spacial score (nSPS) is 11.7. The Kier molecular flexibility index (Phi) is 5.68. The average molecular weight is 401 g/mol. The molecule has 0 bridgehead atoms. The number of para-hydroxylation sites is 1. The molecule has 2 N–H and O–H groups in total. The standard InChI is InChI=1S/C15H15BrClN3O3/c1-9(23-13-6-4-3-5-11(13)17)14(21)18-19-15(22)12-7-10(16)8-20(12)2/h3-9H,1-2H3,(H,18,21)(H,19,22). The van der Waals surface area contributed by atoms with Gasteiger partial charge in [0.25, 0.3) is 11.8 Å². The van der Waals surface area contributed by atoms with Crippen LogP contribution in [0.15, 0.2) is 41.0 Å². The fourth-order valence-electron chi connectivity index (χ4n) is 1.82. The molecule has 0 spiro atoms. The van der Waals surface area contributed by atoms with Crippen LogP contribution in [0.3, 0.4) is 0 Å². The van der Waals surface area contributed by atoms with Gasteiger partial charge < -0.3 is 9.30 Å². The smallest absolute Gasteiger partial charge is 0.286 e. The number of carbonyl (C=O) groups is 2. The first-order valence-corrected chi connectivity index (χ1v) is 7.89. The summed E-state index contributed by atoms with van der Waals surface area (Å²) in [5.74, 6) is -0.530. The zero-order chi connectivity index (χ0) is 17.0. The van der Waals surface area contributed by atoms with E-state index >= 15 is 0 Å². The van der Waals surface area contributed by atoms with Crippen LogP contribution < -0.4 is 15.6 Å². The van der Waals surface area contributed by atoms with E-state index in [1.54, 1.807) is 55.1 Å². The number of hydrazine groups is 1. The predicted molar refractivity (Wildman–Crippen MR) is 90.3 cm³/mol. The van der Waals surface area contributed by atoms with Crippen molar-refractivity contribution in [3.05, 3.63) is 51.7 Å². The van der Waals surface area contributed by atoms with Crippen molar-refractivity contribution in [3.8, 4) is 5.75 Å². The molecule has 1 aromatic heterocycles. The molecule has 0 saturated carbocycles. The van der Waals surface area contributed by atoms with Crippen molar-refractivity contribution in [3.63, 3.8) is 0 Å². The number of halogens is 2. The van der Waals surface area contributed by atoms with Crippen LogP contribution in [0.5, 0.6) is 5.75 Å². The lowest BCUT2D eigenvalue weighted by Gasteiger charge is -2.16. The van der Waals surface area contributed by atoms with Gasteiger partial charge in [0.05, 0.1) is 5.02 Å². The molecule has 0 radical (unpaired) electrons. The van der Waals surface area contributed by atoms with Crippen molar-refractivity contribution < 1.29 is 14.3 Å². The lowest BCUT2D eigenvalue weighted by molar-refractivity contribution is -0.128. The Hall–Kier alpha value is -1.99. The number of nitrogens with one attached hydrogen (secondary N) is 2. The number of rotatable bonds is 4. The van der Waals surface area contributed by atoms with Gasteiger partial charge in [-0.15, -0.1) is 0 Å². The van der Waals surface area contributed by atoms with Crippen LogP contribution in [-0.2, 0) is 11.8 Å². The molecule has 0 aliphatic heterocycles. The molecule has 1 atom stereocenters. The fraction of sp³-hybridized carbons (Fsp3) is 0.200. The number of benzene rings is 1. The molecule has 8 heteroatoms. The molecule has 0 aliphatic carbocycles. The molecule has 2 aromatic rings. The number of amides is 2. The number of hydrogen-bond acceptors (Lipinski definition) is 3. The largest absolute Gasteiger partial charge is 0.479 e. The molecular formula is C15H15BrClN3O3. The van der Waals surface area contributed by atoms with Gasteiger partial charge in [0.15, 0.2) is 6.10 Å². The minimum absolute atomic E-state index is 0.398. The van der Waals surface area contributed by atoms with Gasteiger partial charge in [0, 0.05) is 17.7 Å². The molecule has 0 fully saturated rings. The second-order valence-corrected chi connectivity index (χ2v) is 6.11. The molecular weight excluding hydrogens is 386 g/mol. The van der Waals surface area contributed by atoms with Crippen LogP contribution in [0.1, 0.15) is 17.4 Å². The molecule has 2 rings (SSSR count). The van der Waals surface area contributed by atoms with Gasteiger partial charge in [-0.2, -0.15) is 0 Å². The number of carbonyl (C=O) groups excluding carboxylic acids is 2. The van der Waals surface area contributed by atoms with Gasteiger partial charge in [-0.25, -0.2) is 0 Å². The number of nitrogens with zero attached hydrogens (tertiary/aromatic N) is 1. The number of aromatic nitrogens is 1. The Bertz CT molecular complexity index is 733. The first-order chi connectivity index (χ1) is 10.9. The first-order valence-electron chi connectivity index (χ1n) is 6.71. The predicted octanol–water partition coefficient (Wildman–Crippen LogP) is 2.67. The average Bonchev–Trinajstić information content (AvgIpc) is 2.85. The van der Waals surface area contributed by atoms with Crippen molar-refractivity contribution in [1.29, 1.82) is 0 Å². The maximum atomic E-state index is 12.0. The van der Waals surface area contributed by atoms with Gasteiger partial charge in [0.2, 0.25) is 0 Å². The second kappa shape index (κ2) is 7.52. The Morgan fingerprint density at radius 2 is 2.00 bits per heavy atom. The number of hydrogen-bond donors (Lipinski definition) is 2. The van der Waals surface area contributed by atoms with E-state index in [0.717, 1.165) is 4.47 Å². The van der Waals surface area contributed by atoms with Crippen LogP contribution in [0.4, 0.5) is 0 Å². The third-order valence-corrected chi connectivity index (χ3v) is 3.76. The van der Waals surface area contributed by atoms with Crippen molar-refractivity contribution in [2.24, 2.45) is 7.05 Å². The van der Waals surface area contributed by atoms with Crippen LogP contribution in [0, 0.1) is 0 Å². The summed E-state index contributed by atoms with van der Waals surface area (Å²) in [4.78, 5) is 24.0. The zero-order valence-corrected chi connectivity index (χ0v) is 14.8. The van der Waals surface area contributed by atoms with Crippen molar-refractivity contribution >= 4 is 39.3 Å². The van der Waals surface area contributed by atoms with Gasteiger partial charge in [0.1, 0.15) is 11.4 Å². The molecule has 23 heavy (non-hydrogen) atoms. The molecule has 1 heterocycles. The van der Waals surface area contributed by atoms with E-state index in [9.17, 15) is 9.59 Å². The van der Waals surface area contributed by atoms with Gasteiger partial charge >= 0.3 is 0 Å².